The summed E-state index contributed by atoms with van der Waals surface area (Å²) in [5.41, 5.74) is 1.54. The average molecular weight is 621 g/mol. The van der Waals surface area contributed by atoms with Gasteiger partial charge in [-0.15, -0.1) is 22.7 Å². The van der Waals surface area contributed by atoms with Crippen molar-refractivity contribution in [3.63, 3.8) is 0 Å². The van der Waals surface area contributed by atoms with E-state index in [1.54, 1.807) is 11.3 Å². The van der Waals surface area contributed by atoms with Crippen LogP contribution in [0.15, 0.2) is 133 Å². The van der Waals surface area contributed by atoms with E-state index >= 15 is 0 Å². The van der Waals surface area contributed by atoms with Gasteiger partial charge in [0.1, 0.15) is 0 Å². The molecule has 6 aromatic carbocycles. The SMILES string of the molecule is [2H]c1c([2H])c([2H])c2c(sc3c2c([2H])c([2H])c2c4c([2H])c([2H])c([2H])c([2H])c4n(-c4nc(-c5ccccc5)nc(-c5cccc6c5sc5ccccc56)n4)c32)c1[2H]. The number of benzene rings is 6. The highest BCUT2D eigenvalue weighted by atomic mass is 32.1. The molecule has 0 amide bonds. The van der Waals surface area contributed by atoms with E-state index in [0.717, 1.165) is 31.5 Å². The van der Waals surface area contributed by atoms with Gasteiger partial charge < -0.3 is 0 Å². The second-order valence-corrected chi connectivity index (χ2v) is 12.5. The van der Waals surface area contributed by atoms with Crippen LogP contribution in [0.1, 0.15) is 13.7 Å². The molecule has 6 heteroatoms. The predicted molar refractivity (Wildman–Crippen MR) is 191 cm³/mol. The molecule has 4 nitrogen and oxygen atoms in total. The zero-order valence-corrected chi connectivity index (χ0v) is 24.7. The first kappa shape index (κ1) is 17.2. The number of rotatable bonds is 3. The van der Waals surface area contributed by atoms with Crippen molar-refractivity contribution in [2.45, 2.75) is 0 Å². The van der Waals surface area contributed by atoms with E-state index in [4.69, 9.17) is 24.5 Å². The van der Waals surface area contributed by atoms with Gasteiger partial charge in [-0.05, 0) is 24.2 Å². The van der Waals surface area contributed by atoms with Crippen LogP contribution in [0.5, 0.6) is 0 Å². The first-order chi connectivity index (χ1) is 26.5. The van der Waals surface area contributed by atoms with Gasteiger partial charge in [0, 0.05) is 57.5 Å². The van der Waals surface area contributed by atoms with Gasteiger partial charge in [0.25, 0.3) is 0 Å². The fraction of sp³-hybridized carbons (Fsp3) is 0. The molecule has 0 spiro atoms. The number of hydrogen-bond donors (Lipinski definition) is 0. The van der Waals surface area contributed by atoms with Gasteiger partial charge in [0.15, 0.2) is 11.6 Å². The van der Waals surface area contributed by atoms with Crippen molar-refractivity contribution in [1.82, 2.24) is 19.5 Å². The van der Waals surface area contributed by atoms with E-state index in [1.807, 2.05) is 60.7 Å². The molecule has 0 aliphatic carbocycles. The highest BCUT2D eigenvalue weighted by Gasteiger charge is 2.22. The van der Waals surface area contributed by atoms with Gasteiger partial charge >= 0.3 is 0 Å². The minimum Gasteiger partial charge on any atom is -0.276 e. The number of nitrogens with zero attached hydrogens (tertiary/aromatic N) is 4. The maximum absolute atomic E-state index is 9.36. The van der Waals surface area contributed by atoms with Crippen LogP contribution in [0.25, 0.3) is 90.9 Å². The molecule has 0 N–H and O–H groups in total. The first-order valence-electron chi connectivity index (χ1n) is 19.1. The Balaban J connectivity index is 1.44. The van der Waals surface area contributed by atoms with Gasteiger partial charge in [-0.3, -0.25) is 4.57 Å². The standard InChI is InChI=1S/C39H22N4S2/c1-2-11-23(12-3-1)37-40-38(30-17-10-16-28-25-14-5-8-19-32(25)44-35(28)30)42-39(41-37)43-31-18-7-4-13-24(31)27-21-22-29-26-15-6-9-20-33(26)45-36(29)34(27)43/h1-22H/i4D,6D,7D,9D,13D,15D,18D,20D,21D,22D. The molecule has 10 rings (SSSR count). The summed E-state index contributed by atoms with van der Waals surface area (Å²) < 4.78 is 92.5. The Hall–Kier alpha value is -5.43. The second-order valence-electron chi connectivity index (χ2n) is 10.5. The van der Waals surface area contributed by atoms with Gasteiger partial charge in [-0.1, -0.05) is 109 Å². The van der Waals surface area contributed by atoms with Crippen molar-refractivity contribution in [2.75, 3.05) is 0 Å². The van der Waals surface area contributed by atoms with Crippen LogP contribution in [0.4, 0.5) is 0 Å². The number of thiophene rings is 2. The zero-order chi connectivity index (χ0) is 38.2. The second kappa shape index (κ2) is 9.53. The lowest BCUT2D eigenvalue weighted by Crippen LogP contribution is -2.06. The van der Waals surface area contributed by atoms with Crippen molar-refractivity contribution in [2.24, 2.45) is 0 Å². The molecule has 45 heavy (non-hydrogen) atoms. The van der Waals surface area contributed by atoms with Gasteiger partial charge in [0.05, 0.1) is 29.4 Å². The minimum atomic E-state index is -0.517. The van der Waals surface area contributed by atoms with Crippen LogP contribution < -0.4 is 0 Å². The lowest BCUT2D eigenvalue weighted by Gasteiger charge is -2.11. The van der Waals surface area contributed by atoms with Crippen LogP contribution in [0.3, 0.4) is 0 Å². The fourth-order valence-electron chi connectivity index (χ4n) is 5.99. The lowest BCUT2D eigenvalue weighted by molar-refractivity contribution is 0.956. The summed E-state index contributed by atoms with van der Waals surface area (Å²) in [5, 5.41) is 2.33. The highest BCUT2D eigenvalue weighted by Crippen LogP contribution is 2.43. The topological polar surface area (TPSA) is 43.6 Å². The summed E-state index contributed by atoms with van der Waals surface area (Å²) in [6, 6.07) is 19.1. The summed E-state index contributed by atoms with van der Waals surface area (Å²) in [7, 11) is 0. The largest absolute Gasteiger partial charge is 0.276 e. The van der Waals surface area contributed by atoms with Crippen LogP contribution in [-0.2, 0) is 0 Å². The molecule has 0 saturated carbocycles. The maximum Gasteiger partial charge on any atom is 0.238 e. The molecule has 0 aliphatic rings. The molecular weight excluding hydrogens is 589 g/mol. The normalized spacial score (nSPS) is 15.1. The highest BCUT2D eigenvalue weighted by molar-refractivity contribution is 7.27. The summed E-state index contributed by atoms with van der Waals surface area (Å²) in [4.78, 5) is 15.0. The van der Waals surface area contributed by atoms with Crippen molar-refractivity contribution in [3.8, 4) is 28.7 Å². The zero-order valence-electron chi connectivity index (χ0n) is 33.0. The number of aromatic nitrogens is 4. The average Bonchev–Trinajstić information content (AvgIpc) is 3.90. The monoisotopic (exact) mass is 620 g/mol. The Morgan fingerprint density at radius 2 is 1.24 bits per heavy atom. The number of fused-ring (bicyclic) bond motifs is 10. The van der Waals surface area contributed by atoms with Gasteiger partial charge in [0.2, 0.25) is 5.95 Å². The quantitative estimate of drug-likeness (QED) is 0.197. The third kappa shape index (κ3) is 3.67. The van der Waals surface area contributed by atoms with Crippen molar-refractivity contribution < 1.29 is 13.7 Å². The third-order valence-electron chi connectivity index (χ3n) is 7.96. The van der Waals surface area contributed by atoms with E-state index in [0.29, 0.717) is 21.7 Å². The molecule has 0 fully saturated rings. The molecule has 210 valence electrons. The summed E-state index contributed by atoms with van der Waals surface area (Å²) in [6.07, 6.45) is 0. The minimum absolute atomic E-state index is 0.00626. The molecule has 0 radical (unpaired) electrons. The van der Waals surface area contributed by atoms with E-state index in [-0.39, 0.29) is 73.2 Å². The van der Waals surface area contributed by atoms with E-state index in [2.05, 4.69) is 12.1 Å². The molecule has 4 aromatic heterocycles. The number of hydrogen-bond acceptors (Lipinski definition) is 5. The summed E-state index contributed by atoms with van der Waals surface area (Å²) >= 11 is 2.60. The third-order valence-corrected chi connectivity index (χ3v) is 10.3. The Bertz CT molecular complexity index is 3340. The summed E-state index contributed by atoms with van der Waals surface area (Å²) in [6.45, 7) is 0. The number of para-hydroxylation sites is 1. The molecule has 0 atom stereocenters. The molecule has 4 heterocycles. The molecule has 0 unspecified atom stereocenters. The Labute approximate surface area is 279 Å². The van der Waals surface area contributed by atoms with E-state index < -0.39 is 36.3 Å². The van der Waals surface area contributed by atoms with Gasteiger partial charge in [-0.25, -0.2) is 4.98 Å². The molecule has 0 bridgehead atoms. The van der Waals surface area contributed by atoms with E-state index in [9.17, 15) is 4.11 Å². The van der Waals surface area contributed by atoms with Crippen LogP contribution in [-0.4, -0.2) is 19.5 Å². The Morgan fingerprint density at radius 1 is 0.511 bits per heavy atom. The molecule has 0 aliphatic heterocycles. The van der Waals surface area contributed by atoms with Crippen molar-refractivity contribution in [3.05, 3.63) is 133 Å². The Kier molecular flexibility index (Phi) is 3.64. The van der Waals surface area contributed by atoms with Crippen LogP contribution in [0, 0.1) is 0 Å². The fourth-order valence-corrected chi connectivity index (χ4v) is 8.31. The van der Waals surface area contributed by atoms with E-state index in [1.165, 1.54) is 4.57 Å². The van der Waals surface area contributed by atoms with Gasteiger partial charge in [-0.2, -0.15) is 9.97 Å². The van der Waals surface area contributed by atoms with Crippen molar-refractivity contribution in [1.29, 1.82) is 0 Å². The Morgan fingerprint density at radius 3 is 2.18 bits per heavy atom. The smallest absolute Gasteiger partial charge is 0.238 e. The maximum atomic E-state index is 9.36. The summed E-state index contributed by atoms with van der Waals surface area (Å²) in [5.74, 6) is 0.569. The van der Waals surface area contributed by atoms with Crippen molar-refractivity contribution >= 4 is 84.8 Å². The first-order valence-corrected chi connectivity index (χ1v) is 15.7. The molecule has 10 aromatic rings. The molecular formula is C39H22N4S2. The molecule has 0 saturated heterocycles. The van der Waals surface area contributed by atoms with Crippen LogP contribution in [0.2, 0.25) is 0 Å². The lowest BCUT2D eigenvalue weighted by atomic mass is 10.1. The van der Waals surface area contributed by atoms with Crippen LogP contribution >= 0.6 is 22.7 Å². The predicted octanol–water partition coefficient (Wildman–Crippen LogP) is 11.0.